The molecule has 0 saturated carbocycles. The van der Waals surface area contributed by atoms with Gasteiger partial charge in [-0.25, -0.2) is 9.97 Å². The number of nitrogens with zero attached hydrogens (tertiary/aromatic N) is 5. The van der Waals surface area contributed by atoms with Crippen LogP contribution in [0.25, 0.3) is 94.4 Å². The molecule has 292 valence electrons. The van der Waals surface area contributed by atoms with Crippen molar-refractivity contribution in [2.75, 3.05) is 0 Å². The van der Waals surface area contributed by atoms with Crippen molar-refractivity contribution in [3.63, 3.8) is 0 Å². The normalized spacial score (nSPS) is 11.5. The van der Waals surface area contributed by atoms with E-state index in [0.717, 1.165) is 106 Å². The van der Waals surface area contributed by atoms with Crippen LogP contribution >= 0.6 is 0 Å². The maximum Gasteiger partial charge on any atom is 0.219 e. The van der Waals surface area contributed by atoms with Gasteiger partial charge >= 0.3 is 0 Å². The summed E-state index contributed by atoms with van der Waals surface area (Å²) in [6.45, 7) is 0. The highest BCUT2D eigenvalue weighted by Gasteiger charge is 2.22. The highest BCUT2D eigenvalue weighted by Crippen LogP contribution is 2.41. The predicted octanol–water partition coefficient (Wildman–Crippen LogP) is 14.3. The summed E-state index contributed by atoms with van der Waals surface area (Å²) < 4.78 is 13.6. The van der Waals surface area contributed by atoms with Crippen molar-refractivity contribution in [1.82, 2.24) is 23.7 Å². The molecule has 0 aliphatic carbocycles. The van der Waals surface area contributed by atoms with Crippen LogP contribution in [-0.4, -0.2) is 23.7 Å². The Balaban J connectivity index is 1.01. The first-order valence-electron chi connectivity index (χ1n) is 20.8. The van der Waals surface area contributed by atoms with Gasteiger partial charge in [0, 0.05) is 63.4 Å². The fourth-order valence-corrected chi connectivity index (χ4v) is 9.12. The molecular formula is C56H37N5O. The minimum Gasteiger partial charge on any atom is -0.457 e. The largest absolute Gasteiger partial charge is 0.457 e. The van der Waals surface area contributed by atoms with Gasteiger partial charge in [0.05, 0.1) is 27.8 Å². The van der Waals surface area contributed by atoms with Crippen molar-refractivity contribution in [3.05, 3.63) is 225 Å². The minimum absolute atomic E-state index is 0.723. The van der Waals surface area contributed by atoms with E-state index in [1.54, 1.807) is 0 Å². The van der Waals surface area contributed by atoms with Crippen LogP contribution in [-0.2, 0) is 0 Å². The summed E-state index contributed by atoms with van der Waals surface area (Å²) in [6.07, 6.45) is 5.86. The molecule has 0 atom stereocenters. The fourth-order valence-electron chi connectivity index (χ4n) is 9.12. The SMILES string of the molecule is c1ccc(-c2ccnc(-n3c4ccccc4c4ccc(Oc5ccc6c7ccccc7n(-c7nccn7-c7c(-c8ccccc8)cccc7-c7ccccc7)c6c5)cc43)c2)cc1. The summed E-state index contributed by atoms with van der Waals surface area (Å²) in [5, 5.41) is 4.54. The Labute approximate surface area is 357 Å². The molecule has 6 nitrogen and oxygen atoms in total. The third-order valence-corrected chi connectivity index (χ3v) is 11.9. The van der Waals surface area contributed by atoms with Crippen LogP contribution in [0.2, 0.25) is 0 Å². The molecule has 0 aliphatic rings. The number of ether oxygens (including phenoxy) is 1. The van der Waals surface area contributed by atoms with Crippen LogP contribution in [0.1, 0.15) is 0 Å². The van der Waals surface area contributed by atoms with Gasteiger partial charge in [-0.15, -0.1) is 0 Å². The van der Waals surface area contributed by atoms with Crippen molar-refractivity contribution >= 4 is 43.6 Å². The standard InChI is InChI=1S/C56H37N5O/c1-4-15-38(16-5-1)41-31-32-57-54(35-41)60-50-25-12-10-21-46(50)48-29-27-42(36-52(48)60)62-43-28-30-49-47-22-11-13-26-51(47)61(53(49)37-43)56-58-33-34-59(56)55-44(39-17-6-2-7-18-39)23-14-24-45(55)40-19-8-3-9-20-40/h1-37H. The van der Waals surface area contributed by atoms with Crippen molar-refractivity contribution in [3.8, 4) is 62.3 Å². The van der Waals surface area contributed by atoms with Gasteiger partial charge in [-0.05, 0) is 70.8 Å². The second-order valence-electron chi connectivity index (χ2n) is 15.5. The molecule has 0 amide bonds. The van der Waals surface area contributed by atoms with Crippen LogP contribution in [0.4, 0.5) is 0 Å². The molecule has 0 saturated heterocycles. The lowest BCUT2D eigenvalue weighted by molar-refractivity contribution is 0.484. The molecule has 0 bridgehead atoms. The second kappa shape index (κ2) is 14.7. The molecule has 62 heavy (non-hydrogen) atoms. The zero-order chi connectivity index (χ0) is 41.0. The first kappa shape index (κ1) is 35.5. The smallest absolute Gasteiger partial charge is 0.219 e. The molecule has 0 fully saturated rings. The van der Waals surface area contributed by atoms with E-state index in [0.29, 0.717) is 0 Å². The van der Waals surface area contributed by atoms with Gasteiger partial charge in [0.1, 0.15) is 17.3 Å². The van der Waals surface area contributed by atoms with E-state index in [9.17, 15) is 0 Å². The monoisotopic (exact) mass is 795 g/mol. The Morgan fingerprint density at radius 2 is 0.871 bits per heavy atom. The van der Waals surface area contributed by atoms with E-state index >= 15 is 0 Å². The van der Waals surface area contributed by atoms with Gasteiger partial charge in [-0.3, -0.25) is 13.7 Å². The summed E-state index contributed by atoms with van der Waals surface area (Å²) in [6, 6.07) is 72.1. The zero-order valence-electron chi connectivity index (χ0n) is 33.5. The van der Waals surface area contributed by atoms with Gasteiger partial charge in [0.25, 0.3) is 0 Å². The Kier molecular flexibility index (Phi) is 8.38. The Morgan fingerprint density at radius 3 is 1.48 bits per heavy atom. The Morgan fingerprint density at radius 1 is 0.355 bits per heavy atom. The molecule has 0 N–H and O–H groups in total. The van der Waals surface area contributed by atoms with Crippen LogP contribution in [0.5, 0.6) is 11.5 Å². The van der Waals surface area contributed by atoms with Gasteiger partial charge in [0.15, 0.2) is 0 Å². The highest BCUT2D eigenvalue weighted by molar-refractivity contribution is 6.10. The average Bonchev–Trinajstić information content (AvgIpc) is 4.04. The molecule has 12 rings (SSSR count). The summed E-state index contributed by atoms with van der Waals surface area (Å²) in [5.41, 5.74) is 12.0. The lowest BCUT2D eigenvalue weighted by Gasteiger charge is -2.19. The van der Waals surface area contributed by atoms with E-state index in [-0.39, 0.29) is 0 Å². The van der Waals surface area contributed by atoms with E-state index in [2.05, 4.69) is 220 Å². The molecule has 4 aromatic heterocycles. The molecule has 6 heteroatoms. The van der Waals surface area contributed by atoms with Crippen molar-refractivity contribution in [1.29, 1.82) is 0 Å². The molecule has 0 spiro atoms. The van der Waals surface area contributed by atoms with Gasteiger partial charge in [-0.2, -0.15) is 0 Å². The van der Waals surface area contributed by atoms with Crippen molar-refractivity contribution in [2.45, 2.75) is 0 Å². The number of pyridine rings is 1. The lowest BCUT2D eigenvalue weighted by atomic mass is 9.96. The molecule has 4 heterocycles. The Bertz CT molecular complexity index is 3550. The number of rotatable bonds is 8. The predicted molar refractivity (Wildman–Crippen MR) is 253 cm³/mol. The van der Waals surface area contributed by atoms with Crippen molar-refractivity contribution < 1.29 is 4.74 Å². The van der Waals surface area contributed by atoms with Gasteiger partial charge in [0.2, 0.25) is 5.95 Å². The number of aromatic nitrogens is 5. The van der Waals surface area contributed by atoms with E-state index < -0.39 is 0 Å². The zero-order valence-corrected chi connectivity index (χ0v) is 33.5. The van der Waals surface area contributed by atoms with Gasteiger partial charge in [-0.1, -0.05) is 146 Å². The molecule has 0 unspecified atom stereocenters. The molecular weight excluding hydrogens is 759 g/mol. The molecule has 0 radical (unpaired) electrons. The van der Waals surface area contributed by atoms with Crippen LogP contribution in [0.3, 0.4) is 0 Å². The number of hydrogen-bond acceptors (Lipinski definition) is 3. The second-order valence-corrected chi connectivity index (χ2v) is 15.5. The third kappa shape index (κ3) is 5.88. The summed E-state index contributed by atoms with van der Waals surface area (Å²) in [5.74, 6) is 3.08. The minimum atomic E-state index is 0.723. The van der Waals surface area contributed by atoms with Gasteiger partial charge < -0.3 is 4.74 Å². The number of para-hydroxylation sites is 3. The van der Waals surface area contributed by atoms with E-state index in [1.165, 1.54) is 0 Å². The number of benzene rings is 8. The summed E-state index contributed by atoms with van der Waals surface area (Å²) in [4.78, 5) is 10.0. The van der Waals surface area contributed by atoms with Crippen molar-refractivity contribution in [2.24, 2.45) is 0 Å². The topological polar surface area (TPSA) is 49.8 Å². The van der Waals surface area contributed by atoms with Crippen LogP contribution in [0.15, 0.2) is 225 Å². The summed E-state index contributed by atoms with van der Waals surface area (Å²) >= 11 is 0. The number of hydrogen-bond donors (Lipinski definition) is 0. The molecule has 8 aromatic carbocycles. The molecule has 12 aromatic rings. The number of fused-ring (bicyclic) bond motifs is 6. The quantitative estimate of drug-likeness (QED) is 0.154. The third-order valence-electron chi connectivity index (χ3n) is 11.9. The number of imidazole rings is 1. The lowest BCUT2D eigenvalue weighted by Crippen LogP contribution is -2.07. The maximum atomic E-state index is 6.84. The fraction of sp³-hybridized carbons (Fsp3) is 0. The van der Waals surface area contributed by atoms with E-state index in [4.69, 9.17) is 14.7 Å². The first-order chi connectivity index (χ1) is 30.8. The molecule has 0 aliphatic heterocycles. The van der Waals surface area contributed by atoms with Crippen LogP contribution < -0.4 is 4.74 Å². The first-order valence-corrected chi connectivity index (χ1v) is 20.8. The highest BCUT2D eigenvalue weighted by atomic mass is 16.5. The average molecular weight is 796 g/mol. The maximum absolute atomic E-state index is 6.84. The van der Waals surface area contributed by atoms with E-state index in [1.807, 2.05) is 18.5 Å². The Hall–Kier alpha value is -8.48. The summed E-state index contributed by atoms with van der Waals surface area (Å²) in [7, 11) is 0. The van der Waals surface area contributed by atoms with Crippen LogP contribution in [0, 0.1) is 0 Å².